The third kappa shape index (κ3) is 3.06. The van der Waals surface area contributed by atoms with Crippen molar-refractivity contribution in [3.05, 3.63) is 51.4 Å². The SMILES string of the molecule is COc1ccc(C(=O)N2CCc3nc4ccsc4c(=O)n3CC2)cc1OC. The fourth-order valence-electron chi connectivity index (χ4n) is 3.33. The first-order valence-corrected chi connectivity index (χ1v) is 9.48. The van der Waals surface area contributed by atoms with Gasteiger partial charge in [-0.05, 0) is 29.6 Å². The molecule has 0 saturated carbocycles. The second-order valence-electron chi connectivity index (χ2n) is 6.23. The minimum Gasteiger partial charge on any atom is -0.493 e. The van der Waals surface area contributed by atoms with Gasteiger partial charge < -0.3 is 14.4 Å². The quantitative estimate of drug-likeness (QED) is 0.691. The van der Waals surface area contributed by atoms with E-state index in [4.69, 9.17) is 9.47 Å². The van der Waals surface area contributed by atoms with Crippen LogP contribution in [-0.4, -0.2) is 47.7 Å². The number of rotatable bonds is 3. The highest BCUT2D eigenvalue weighted by molar-refractivity contribution is 7.17. The lowest BCUT2D eigenvalue weighted by Crippen LogP contribution is -2.34. The summed E-state index contributed by atoms with van der Waals surface area (Å²) in [5.74, 6) is 1.72. The molecule has 3 aromatic rings. The summed E-state index contributed by atoms with van der Waals surface area (Å²) in [7, 11) is 3.10. The van der Waals surface area contributed by atoms with Gasteiger partial charge in [-0.15, -0.1) is 11.3 Å². The lowest BCUT2D eigenvalue weighted by Gasteiger charge is -2.20. The van der Waals surface area contributed by atoms with Crippen LogP contribution < -0.4 is 15.0 Å². The number of ether oxygens (including phenoxy) is 2. The van der Waals surface area contributed by atoms with Crippen molar-refractivity contribution in [1.29, 1.82) is 0 Å². The van der Waals surface area contributed by atoms with E-state index in [9.17, 15) is 9.59 Å². The Labute approximate surface area is 159 Å². The van der Waals surface area contributed by atoms with Crippen LogP contribution in [0.5, 0.6) is 11.5 Å². The summed E-state index contributed by atoms with van der Waals surface area (Å²) in [5, 5.41) is 1.88. The fraction of sp³-hybridized carbons (Fsp3) is 0.316. The number of aromatic nitrogens is 2. The minimum absolute atomic E-state index is 0.0228. The zero-order valence-electron chi connectivity index (χ0n) is 15.1. The van der Waals surface area contributed by atoms with Gasteiger partial charge in [0, 0.05) is 31.6 Å². The Morgan fingerprint density at radius 3 is 2.70 bits per heavy atom. The smallest absolute Gasteiger partial charge is 0.271 e. The Balaban J connectivity index is 1.60. The standard InChI is InChI=1S/C19H19N3O4S/c1-25-14-4-3-12(11-15(14)26-2)18(23)21-7-5-16-20-13-6-10-27-17(13)19(24)22(16)9-8-21/h3-4,6,10-11H,5,7-9H2,1-2H3. The van der Waals surface area contributed by atoms with Gasteiger partial charge in [0.2, 0.25) is 0 Å². The minimum atomic E-state index is -0.0985. The van der Waals surface area contributed by atoms with E-state index in [1.54, 1.807) is 41.9 Å². The van der Waals surface area contributed by atoms with Crippen LogP contribution in [-0.2, 0) is 13.0 Å². The molecule has 0 saturated heterocycles. The predicted molar refractivity (Wildman–Crippen MR) is 103 cm³/mol. The Kier molecular flexibility index (Phi) is 4.57. The molecule has 0 unspecified atom stereocenters. The molecule has 3 heterocycles. The van der Waals surface area contributed by atoms with Crippen molar-refractivity contribution in [2.24, 2.45) is 0 Å². The highest BCUT2D eigenvalue weighted by Gasteiger charge is 2.23. The van der Waals surface area contributed by atoms with E-state index in [2.05, 4.69) is 4.98 Å². The van der Waals surface area contributed by atoms with Gasteiger partial charge in [0.25, 0.3) is 11.5 Å². The molecular formula is C19H19N3O4S. The van der Waals surface area contributed by atoms with E-state index in [0.717, 1.165) is 11.3 Å². The van der Waals surface area contributed by atoms with Crippen molar-refractivity contribution in [1.82, 2.24) is 14.5 Å². The number of hydrogen-bond donors (Lipinski definition) is 0. The topological polar surface area (TPSA) is 73.7 Å². The summed E-state index contributed by atoms with van der Waals surface area (Å²) in [5.41, 5.74) is 1.24. The van der Waals surface area contributed by atoms with Gasteiger partial charge in [-0.2, -0.15) is 0 Å². The molecule has 0 atom stereocenters. The lowest BCUT2D eigenvalue weighted by atomic mass is 10.1. The molecule has 8 heteroatoms. The van der Waals surface area contributed by atoms with Gasteiger partial charge >= 0.3 is 0 Å². The van der Waals surface area contributed by atoms with Gasteiger partial charge in [0.15, 0.2) is 11.5 Å². The van der Waals surface area contributed by atoms with Gasteiger partial charge in [0.1, 0.15) is 10.5 Å². The number of amides is 1. The molecule has 0 spiro atoms. The molecular weight excluding hydrogens is 366 g/mol. The highest BCUT2D eigenvalue weighted by atomic mass is 32.1. The zero-order valence-corrected chi connectivity index (χ0v) is 15.9. The number of carbonyl (C=O) groups excluding carboxylic acids is 1. The van der Waals surface area contributed by atoms with Crippen molar-refractivity contribution in [3.8, 4) is 11.5 Å². The maximum atomic E-state index is 13.0. The summed E-state index contributed by atoms with van der Waals surface area (Å²) in [6.07, 6.45) is 0.542. The van der Waals surface area contributed by atoms with Gasteiger partial charge in [-0.3, -0.25) is 14.2 Å². The molecule has 0 N–H and O–H groups in total. The van der Waals surface area contributed by atoms with Crippen LogP contribution in [0.2, 0.25) is 0 Å². The Hall–Kier alpha value is -2.87. The monoisotopic (exact) mass is 385 g/mol. The second-order valence-corrected chi connectivity index (χ2v) is 7.15. The molecule has 1 amide bonds. The number of methoxy groups -OCH3 is 2. The van der Waals surface area contributed by atoms with Crippen LogP contribution in [0, 0.1) is 0 Å². The molecule has 1 aliphatic rings. The molecule has 0 aliphatic carbocycles. The maximum Gasteiger partial charge on any atom is 0.271 e. The van der Waals surface area contributed by atoms with Crippen molar-refractivity contribution < 1.29 is 14.3 Å². The lowest BCUT2D eigenvalue weighted by molar-refractivity contribution is 0.0758. The van der Waals surface area contributed by atoms with Gasteiger partial charge in [-0.1, -0.05) is 0 Å². The van der Waals surface area contributed by atoms with E-state index in [1.807, 2.05) is 11.4 Å². The molecule has 27 heavy (non-hydrogen) atoms. The molecule has 0 radical (unpaired) electrons. The van der Waals surface area contributed by atoms with E-state index in [0.29, 0.717) is 47.8 Å². The average molecular weight is 385 g/mol. The van der Waals surface area contributed by atoms with Gasteiger partial charge in [-0.25, -0.2) is 4.98 Å². The van der Waals surface area contributed by atoms with Crippen molar-refractivity contribution in [2.75, 3.05) is 27.3 Å². The number of carbonyl (C=O) groups is 1. The van der Waals surface area contributed by atoms with E-state index < -0.39 is 0 Å². The molecule has 7 nitrogen and oxygen atoms in total. The van der Waals surface area contributed by atoms with Crippen molar-refractivity contribution >= 4 is 27.5 Å². The van der Waals surface area contributed by atoms with Crippen LogP contribution >= 0.6 is 11.3 Å². The number of hydrogen-bond acceptors (Lipinski definition) is 6. The van der Waals surface area contributed by atoms with Crippen molar-refractivity contribution in [2.45, 2.75) is 13.0 Å². The van der Waals surface area contributed by atoms with E-state index >= 15 is 0 Å². The summed E-state index contributed by atoms with van der Waals surface area (Å²) >= 11 is 1.40. The zero-order chi connectivity index (χ0) is 19.0. The molecule has 140 valence electrons. The predicted octanol–water partition coefficient (Wildman–Crippen LogP) is 2.17. The highest BCUT2D eigenvalue weighted by Crippen LogP contribution is 2.28. The first-order valence-electron chi connectivity index (χ1n) is 8.60. The molecule has 1 aliphatic heterocycles. The maximum absolute atomic E-state index is 13.0. The number of benzene rings is 1. The first kappa shape index (κ1) is 17.5. The summed E-state index contributed by atoms with van der Waals surface area (Å²) in [6, 6.07) is 6.99. The van der Waals surface area contributed by atoms with Gasteiger partial charge in [0.05, 0.1) is 19.7 Å². The molecule has 0 fully saturated rings. The van der Waals surface area contributed by atoms with Crippen LogP contribution in [0.1, 0.15) is 16.2 Å². The van der Waals surface area contributed by atoms with E-state index in [-0.39, 0.29) is 11.5 Å². The third-order valence-electron chi connectivity index (χ3n) is 4.76. The molecule has 2 aromatic heterocycles. The number of fused-ring (bicyclic) bond motifs is 2. The van der Waals surface area contributed by atoms with Crippen LogP contribution in [0.4, 0.5) is 0 Å². The fourth-order valence-corrected chi connectivity index (χ4v) is 4.11. The summed E-state index contributed by atoms with van der Waals surface area (Å²) in [4.78, 5) is 32.0. The van der Waals surface area contributed by atoms with Crippen LogP contribution in [0.3, 0.4) is 0 Å². The second kappa shape index (κ2) is 7.03. The summed E-state index contributed by atoms with van der Waals surface area (Å²) in [6.45, 7) is 1.40. The number of nitrogens with zero attached hydrogens (tertiary/aromatic N) is 3. The summed E-state index contributed by atoms with van der Waals surface area (Å²) < 4.78 is 12.9. The Morgan fingerprint density at radius 2 is 1.93 bits per heavy atom. The van der Waals surface area contributed by atoms with E-state index in [1.165, 1.54) is 11.3 Å². The molecule has 1 aromatic carbocycles. The largest absolute Gasteiger partial charge is 0.493 e. The molecule has 0 bridgehead atoms. The third-order valence-corrected chi connectivity index (χ3v) is 5.65. The van der Waals surface area contributed by atoms with Crippen molar-refractivity contribution in [3.63, 3.8) is 0 Å². The average Bonchev–Trinajstić information content (AvgIpc) is 3.06. The Bertz CT molecular complexity index is 1070. The number of thiophene rings is 1. The Morgan fingerprint density at radius 1 is 1.11 bits per heavy atom. The van der Waals surface area contributed by atoms with Crippen LogP contribution in [0.25, 0.3) is 10.2 Å². The first-order chi connectivity index (χ1) is 13.1. The normalized spacial score (nSPS) is 13.9. The van der Waals surface area contributed by atoms with Crippen LogP contribution in [0.15, 0.2) is 34.4 Å². The molecule has 4 rings (SSSR count).